The minimum atomic E-state index is -0.285. The summed E-state index contributed by atoms with van der Waals surface area (Å²) >= 11 is 0. The van der Waals surface area contributed by atoms with E-state index in [2.05, 4.69) is 45.2 Å². The van der Waals surface area contributed by atoms with E-state index < -0.39 is 0 Å². The third kappa shape index (κ3) is 2.30. The molecule has 0 saturated carbocycles. The lowest BCUT2D eigenvalue weighted by Gasteiger charge is -2.28. The minimum absolute atomic E-state index is 0.0663. The van der Waals surface area contributed by atoms with Gasteiger partial charge in [0.25, 0.3) is 6.04 Å². The number of hydrogen-bond acceptors (Lipinski definition) is 3. The van der Waals surface area contributed by atoms with Gasteiger partial charge >= 0.3 is 0 Å². The van der Waals surface area contributed by atoms with Gasteiger partial charge in [0.05, 0.1) is 18.7 Å². The molecular weight excluding hydrogens is 300 g/mol. The predicted molar refractivity (Wildman–Crippen MR) is 93.1 cm³/mol. The second-order valence-electron chi connectivity index (χ2n) is 6.37. The molecule has 4 rings (SSSR count). The van der Waals surface area contributed by atoms with Gasteiger partial charge in [-0.05, 0) is 24.8 Å². The lowest BCUT2D eigenvalue weighted by molar-refractivity contribution is 0.284. The Bertz CT molecular complexity index is 830. The zero-order chi connectivity index (χ0) is 16.5. The molecule has 0 bridgehead atoms. The van der Waals surface area contributed by atoms with E-state index in [1.54, 1.807) is 0 Å². The molecule has 122 valence electrons. The molecule has 0 fully saturated rings. The summed E-state index contributed by atoms with van der Waals surface area (Å²) in [6.45, 7) is 10.7. The first-order valence-electron chi connectivity index (χ1n) is 8.55. The Morgan fingerprint density at radius 1 is 1.38 bits per heavy atom. The van der Waals surface area contributed by atoms with Crippen molar-refractivity contribution < 1.29 is 4.74 Å². The van der Waals surface area contributed by atoms with E-state index in [1.807, 2.05) is 6.20 Å². The number of para-hydroxylation sites is 1. The first kappa shape index (κ1) is 14.9. The van der Waals surface area contributed by atoms with Crippen molar-refractivity contribution in [2.24, 2.45) is 4.99 Å². The number of aromatic nitrogens is 2. The van der Waals surface area contributed by atoms with Crippen LogP contribution in [0.5, 0.6) is 5.75 Å². The number of nitrogens with one attached hydrogen (secondary N) is 1. The molecule has 5 heteroatoms. The third-order valence-electron chi connectivity index (χ3n) is 4.84. The van der Waals surface area contributed by atoms with Gasteiger partial charge < -0.3 is 9.58 Å². The number of nitrogens with zero attached hydrogens (tertiary/aromatic N) is 3. The Hall–Kier alpha value is -2.61. The van der Waals surface area contributed by atoms with Crippen molar-refractivity contribution in [1.82, 2.24) is 10.2 Å². The van der Waals surface area contributed by atoms with Crippen molar-refractivity contribution in [2.45, 2.75) is 44.6 Å². The van der Waals surface area contributed by atoms with Gasteiger partial charge in [0, 0.05) is 11.1 Å². The van der Waals surface area contributed by atoms with Crippen molar-refractivity contribution in [1.29, 1.82) is 0 Å². The van der Waals surface area contributed by atoms with Gasteiger partial charge in [-0.3, -0.25) is 5.10 Å². The van der Waals surface area contributed by atoms with Crippen molar-refractivity contribution in [2.75, 3.05) is 6.61 Å². The molecule has 2 atom stereocenters. The van der Waals surface area contributed by atoms with Crippen LogP contribution in [0.2, 0.25) is 0 Å². The van der Waals surface area contributed by atoms with Crippen LogP contribution in [0.15, 0.2) is 29.4 Å². The van der Waals surface area contributed by atoms with E-state index in [9.17, 15) is 0 Å². The summed E-state index contributed by atoms with van der Waals surface area (Å²) in [5.41, 5.74) is 4.28. The number of fused-ring (bicyclic) bond motifs is 2. The van der Waals surface area contributed by atoms with Gasteiger partial charge in [-0.25, -0.2) is 11.6 Å². The molecule has 0 aliphatic carbocycles. The van der Waals surface area contributed by atoms with Crippen LogP contribution >= 0.6 is 0 Å². The number of ether oxygens (including phenoxy) is 1. The molecule has 2 aliphatic rings. The lowest BCUT2D eigenvalue weighted by atomic mass is 9.80. The smallest absolute Gasteiger partial charge is 0.272 e. The Morgan fingerprint density at radius 2 is 2.29 bits per heavy atom. The number of aryl methyl sites for hydroxylation is 1. The second kappa shape index (κ2) is 6.12. The summed E-state index contributed by atoms with van der Waals surface area (Å²) in [7, 11) is 0. The van der Waals surface area contributed by atoms with Crippen LogP contribution in [0.3, 0.4) is 0 Å². The largest absolute Gasteiger partial charge is 0.493 e. The molecule has 1 N–H and O–H groups in total. The Balaban J connectivity index is 1.88. The highest BCUT2D eigenvalue weighted by Gasteiger charge is 2.41. The fraction of sp³-hybridized carbons (Fsp3) is 0.421. The van der Waals surface area contributed by atoms with Crippen LogP contribution < -0.4 is 4.74 Å². The van der Waals surface area contributed by atoms with Crippen molar-refractivity contribution in [3.05, 3.63) is 52.5 Å². The van der Waals surface area contributed by atoms with Gasteiger partial charge in [-0.2, -0.15) is 5.10 Å². The minimum Gasteiger partial charge on any atom is -0.493 e. The fourth-order valence-corrected chi connectivity index (χ4v) is 3.78. The van der Waals surface area contributed by atoms with Crippen molar-refractivity contribution in [3.8, 4) is 5.75 Å². The van der Waals surface area contributed by atoms with E-state index in [-0.39, 0.29) is 12.0 Å². The van der Waals surface area contributed by atoms with Gasteiger partial charge in [0.15, 0.2) is 5.82 Å². The van der Waals surface area contributed by atoms with Crippen molar-refractivity contribution in [3.63, 3.8) is 0 Å². The Kier molecular flexibility index (Phi) is 3.81. The number of hydrogen-bond donors (Lipinski definition) is 1. The van der Waals surface area contributed by atoms with E-state index in [1.165, 1.54) is 5.56 Å². The summed E-state index contributed by atoms with van der Waals surface area (Å²) in [5.74, 6) is 1.69. The van der Waals surface area contributed by atoms with E-state index in [0.717, 1.165) is 60.7 Å². The molecule has 0 radical (unpaired) electrons. The van der Waals surface area contributed by atoms with E-state index in [0.29, 0.717) is 0 Å². The van der Waals surface area contributed by atoms with Crippen LogP contribution in [0.4, 0.5) is 5.82 Å². The fourth-order valence-electron chi connectivity index (χ4n) is 3.78. The van der Waals surface area contributed by atoms with Crippen LogP contribution in [0.25, 0.3) is 4.85 Å². The zero-order valence-corrected chi connectivity index (χ0v) is 13.7. The summed E-state index contributed by atoms with van der Waals surface area (Å²) in [6, 6.07) is 6.02. The topological polar surface area (TPSA) is 54.6 Å². The zero-order valence-electron chi connectivity index (χ0n) is 13.7. The molecule has 0 saturated heterocycles. The Morgan fingerprint density at radius 3 is 3.12 bits per heavy atom. The van der Waals surface area contributed by atoms with Gasteiger partial charge in [-0.1, -0.05) is 31.5 Å². The number of rotatable bonds is 3. The number of aromatic amines is 1. The Labute approximate surface area is 141 Å². The quantitative estimate of drug-likeness (QED) is 0.868. The molecule has 1 aromatic carbocycles. The maximum Gasteiger partial charge on any atom is 0.272 e. The summed E-state index contributed by atoms with van der Waals surface area (Å²) in [5, 5.41) is 7.17. The van der Waals surface area contributed by atoms with Crippen LogP contribution in [0, 0.1) is 6.57 Å². The summed E-state index contributed by atoms with van der Waals surface area (Å²) < 4.78 is 6.01. The first-order valence-corrected chi connectivity index (χ1v) is 8.55. The SMILES string of the molecule is [C-]#[N+]C1C(CCC)=Nc2[nH]ncc2C1c1cccc2c1OCCC2. The van der Waals surface area contributed by atoms with Crippen LogP contribution in [-0.2, 0) is 6.42 Å². The second-order valence-corrected chi connectivity index (χ2v) is 6.37. The molecule has 0 spiro atoms. The number of H-pyrrole nitrogens is 1. The maximum atomic E-state index is 7.79. The molecule has 5 nitrogen and oxygen atoms in total. The van der Waals surface area contributed by atoms with Gasteiger partial charge in [0.1, 0.15) is 11.5 Å². The normalized spacial score (nSPS) is 21.9. The summed E-state index contributed by atoms with van der Waals surface area (Å²) in [4.78, 5) is 8.63. The molecule has 2 aliphatic heterocycles. The van der Waals surface area contributed by atoms with Crippen molar-refractivity contribution >= 4 is 11.5 Å². The number of aliphatic imine (C=N–C) groups is 1. The standard InChI is InChI=1S/C19H20N4O/c1-3-6-15-17(20-2)16(14-11-21-23-19(14)22-15)13-9-4-7-12-8-5-10-24-18(12)13/h4,7,9,11,16-17H,3,5-6,8,10H2,1H3,(H,21,23). The molecule has 2 aromatic rings. The first-order chi connectivity index (χ1) is 11.8. The molecule has 0 amide bonds. The summed E-state index contributed by atoms with van der Waals surface area (Å²) in [6.07, 6.45) is 5.70. The molecule has 3 heterocycles. The monoisotopic (exact) mass is 320 g/mol. The van der Waals surface area contributed by atoms with Crippen LogP contribution in [-0.4, -0.2) is 28.6 Å². The van der Waals surface area contributed by atoms with E-state index in [4.69, 9.17) is 11.3 Å². The lowest BCUT2D eigenvalue weighted by Crippen LogP contribution is -2.29. The average molecular weight is 320 g/mol. The maximum absolute atomic E-state index is 7.79. The van der Waals surface area contributed by atoms with E-state index >= 15 is 0 Å². The highest BCUT2D eigenvalue weighted by atomic mass is 16.5. The highest BCUT2D eigenvalue weighted by molar-refractivity contribution is 5.96. The van der Waals surface area contributed by atoms with Gasteiger partial charge in [0.2, 0.25) is 0 Å². The van der Waals surface area contributed by atoms with Crippen LogP contribution in [0.1, 0.15) is 48.8 Å². The highest BCUT2D eigenvalue weighted by Crippen LogP contribution is 2.45. The molecule has 1 aromatic heterocycles. The molecule has 2 unspecified atom stereocenters. The average Bonchev–Trinajstić information content (AvgIpc) is 3.08. The third-order valence-corrected chi connectivity index (χ3v) is 4.84. The molecular formula is C19H20N4O. The van der Waals surface area contributed by atoms with Gasteiger partial charge in [-0.15, -0.1) is 0 Å². The number of benzene rings is 1. The predicted octanol–water partition coefficient (Wildman–Crippen LogP) is 4.04. The molecule has 24 heavy (non-hydrogen) atoms.